The monoisotopic (exact) mass is 931 g/mol. The van der Waals surface area contributed by atoms with Gasteiger partial charge in [-0.05, 0) is 118 Å². The molecule has 18 heteroatoms. The van der Waals surface area contributed by atoms with Gasteiger partial charge in [-0.1, -0.05) is 39.3 Å². The first-order chi connectivity index (χ1) is 30.4. The number of allylic oxidation sites excluding steroid dienone is 2. The molecular weight excluding hydrogens is 852 g/mol. The fourth-order valence-corrected chi connectivity index (χ4v) is 14.2. The van der Waals surface area contributed by atoms with E-state index in [9.17, 15) is 61.0 Å². The molecule has 0 amide bonds. The van der Waals surface area contributed by atoms with Gasteiger partial charge in [0.1, 0.15) is 67.3 Å². The first-order valence-electron chi connectivity index (χ1n) is 23.8. The van der Waals surface area contributed by atoms with Crippen molar-refractivity contribution >= 4 is 6.29 Å². The second kappa shape index (κ2) is 19.1. The number of fused-ring (bicyclic) bond motifs is 5. The number of carbonyl (C=O) groups excluding carboxylic acids is 1. The third kappa shape index (κ3) is 8.74. The maximum Gasteiger partial charge on any atom is 0.187 e. The Morgan fingerprint density at radius 3 is 2.06 bits per heavy atom. The Morgan fingerprint density at radius 1 is 0.738 bits per heavy atom. The molecule has 0 unspecified atom stereocenters. The fraction of sp³-hybridized carbons (Fsp3) is 0.936. The van der Waals surface area contributed by atoms with Crippen molar-refractivity contribution in [2.45, 2.75) is 210 Å². The lowest BCUT2D eigenvalue weighted by atomic mass is 9.35. The number of carbonyl (C=O) groups is 1. The van der Waals surface area contributed by atoms with Gasteiger partial charge in [-0.25, -0.2) is 0 Å². The Balaban J connectivity index is 1.12. The third-order valence-electron chi connectivity index (χ3n) is 18.1. The highest BCUT2D eigenvalue weighted by Crippen LogP contribution is 2.75. The van der Waals surface area contributed by atoms with E-state index in [1.165, 1.54) is 6.92 Å². The Hall–Kier alpha value is -1.27. The molecule has 4 saturated carbocycles. The number of hydrogen-bond acceptors (Lipinski definition) is 18. The minimum Gasteiger partial charge on any atom is -0.394 e. The Labute approximate surface area is 381 Å². The van der Waals surface area contributed by atoms with E-state index in [2.05, 4.69) is 27.7 Å². The maximum absolute atomic E-state index is 14.0. The van der Waals surface area contributed by atoms with Gasteiger partial charge in [-0.2, -0.15) is 0 Å². The molecule has 0 bridgehead atoms. The van der Waals surface area contributed by atoms with Gasteiger partial charge in [-0.3, -0.25) is 0 Å². The molecule has 0 radical (unpaired) electrons. The second-order valence-electron chi connectivity index (χ2n) is 22.1. The van der Waals surface area contributed by atoms with Gasteiger partial charge in [0, 0.05) is 5.41 Å². The summed E-state index contributed by atoms with van der Waals surface area (Å²) in [5, 5.41) is 120. The fourth-order valence-electron chi connectivity index (χ4n) is 14.2. The molecule has 11 N–H and O–H groups in total. The van der Waals surface area contributed by atoms with E-state index in [-0.39, 0.29) is 31.5 Å². The summed E-state index contributed by atoms with van der Waals surface area (Å²) in [6.45, 7) is 12.8. The molecule has 0 aromatic carbocycles. The van der Waals surface area contributed by atoms with Gasteiger partial charge in [0.05, 0.1) is 43.7 Å². The van der Waals surface area contributed by atoms with E-state index in [1.807, 2.05) is 19.9 Å². The Bertz CT molecular complexity index is 1680. The zero-order valence-corrected chi connectivity index (χ0v) is 39.0. The van der Waals surface area contributed by atoms with Crippen LogP contribution in [0.3, 0.4) is 0 Å². The van der Waals surface area contributed by atoms with Crippen LogP contribution in [0.25, 0.3) is 0 Å². The summed E-state index contributed by atoms with van der Waals surface area (Å²) in [7, 11) is 0. The van der Waals surface area contributed by atoms with Crippen LogP contribution in [0.1, 0.15) is 106 Å². The van der Waals surface area contributed by atoms with Gasteiger partial charge in [-0.15, -0.1) is 0 Å². The summed E-state index contributed by atoms with van der Waals surface area (Å²) in [6.07, 6.45) is -13.8. The molecule has 0 spiro atoms. The van der Waals surface area contributed by atoms with E-state index in [0.717, 1.165) is 18.3 Å². The van der Waals surface area contributed by atoms with Crippen molar-refractivity contribution in [2.24, 2.45) is 45.3 Å². The van der Waals surface area contributed by atoms with Gasteiger partial charge in [0.2, 0.25) is 0 Å². The molecule has 65 heavy (non-hydrogen) atoms. The molecule has 374 valence electrons. The van der Waals surface area contributed by atoms with Gasteiger partial charge in [0.25, 0.3) is 0 Å². The van der Waals surface area contributed by atoms with Crippen molar-refractivity contribution < 1.29 is 89.4 Å². The van der Waals surface area contributed by atoms with Crippen LogP contribution in [0.2, 0.25) is 0 Å². The topological polar surface area (TPSA) is 295 Å². The average molecular weight is 931 g/mol. The number of aliphatic hydroxyl groups is 11. The molecule has 7 fully saturated rings. The van der Waals surface area contributed by atoms with Crippen molar-refractivity contribution in [1.29, 1.82) is 0 Å². The summed E-state index contributed by atoms with van der Waals surface area (Å²) in [6, 6.07) is 0. The number of aldehydes is 1. The van der Waals surface area contributed by atoms with Crippen molar-refractivity contribution in [1.82, 2.24) is 0 Å². The molecule has 7 aliphatic rings. The summed E-state index contributed by atoms with van der Waals surface area (Å²) in [5.41, 5.74) is -2.97. The number of rotatable bonds is 13. The van der Waals surface area contributed by atoms with Crippen LogP contribution < -0.4 is 0 Å². The largest absolute Gasteiger partial charge is 0.394 e. The van der Waals surface area contributed by atoms with E-state index >= 15 is 0 Å². The maximum atomic E-state index is 14.0. The summed E-state index contributed by atoms with van der Waals surface area (Å²) in [5.74, 6) is -1.30. The predicted molar refractivity (Wildman–Crippen MR) is 228 cm³/mol. The molecule has 3 heterocycles. The lowest BCUT2D eigenvalue weighted by Crippen LogP contribution is -2.68. The van der Waals surface area contributed by atoms with Crippen LogP contribution in [0.4, 0.5) is 0 Å². The van der Waals surface area contributed by atoms with Crippen LogP contribution in [-0.2, 0) is 33.2 Å². The molecule has 3 aliphatic heterocycles. The van der Waals surface area contributed by atoms with E-state index < -0.39 is 144 Å². The predicted octanol–water partition coefficient (Wildman–Crippen LogP) is -0.209. The molecular formula is C47H78O18. The van der Waals surface area contributed by atoms with Gasteiger partial charge >= 0.3 is 0 Å². The number of ether oxygens (including phenoxy) is 6. The van der Waals surface area contributed by atoms with Crippen LogP contribution in [0.15, 0.2) is 11.6 Å². The highest BCUT2D eigenvalue weighted by atomic mass is 16.8. The zero-order chi connectivity index (χ0) is 47.8. The third-order valence-corrected chi connectivity index (χ3v) is 18.1. The minimum atomic E-state index is -1.67. The highest BCUT2D eigenvalue weighted by molar-refractivity contribution is 5.62. The van der Waals surface area contributed by atoms with Crippen LogP contribution in [0.5, 0.6) is 0 Å². The smallest absolute Gasteiger partial charge is 0.187 e. The van der Waals surface area contributed by atoms with E-state index in [1.54, 1.807) is 0 Å². The number of aliphatic hydroxyl groups excluding tert-OH is 10. The van der Waals surface area contributed by atoms with Crippen LogP contribution >= 0.6 is 0 Å². The molecule has 4 aliphatic carbocycles. The van der Waals surface area contributed by atoms with E-state index in [0.29, 0.717) is 44.9 Å². The van der Waals surface area contributed by atoms with Crippen LogP contribution in [-0.4, -0.2) is 186 Å². The second-order valence-corrected chi connectivity index (χ2v) is 22.1. The van der Waals surface area contributed by atoms with E-state index in [4.69, 9.17) is 28.4 Å². The SMILES string of the molecule is CC(C)=CCC[C@@](O)(CO[C@@H]1O[C@H](CO)[C@@H](O)[C@@H](O)[C@@H]1O)[C@H]1CC[C@@]2(C)[C@@H]1[C@@H](O)C[C@@H]1[C@]3(C=O)CC[C@@H](O[C@@H]4OC[C@@H](O)[C@@H](O)[C@H]4O[C@H]4O[C@@H](C)[C@@H](O)[C@H](O)[C@H]4O)C(C)(C)[C@@H]3CC[C@]12C. The summed E-state index contributed by atoms with van der Waals surface area (Å²) in [4.78, 5) is 14.0. The Morgan fingerprint density at radius 2 is 1.40 bits per heavy atom. The standard InChI is InChI=1S/C47H78O18/c1-22(2)9-8-13-47(59,21-61-40-37(57)36(56)34(54)27(18-48)63-40)24-10-14-45(7)31(24)25(50)17-29-44(45,6)15-11-28-43(4,5)30(12-16-46(28,29)20-49)64-42-39(33(53)26(51)19-60-42)65-41-38(58)35(55)32(52)23(3)62-41/h9,20,23-42,48,50-59H,8,10-19,21H2,1-7H3/t23-,24-,25-,26+,27+,28-,29-,30+,31-,32+,33+,34+,35-,36+,37-,38+,39+,40+,41+,42-,44+,45-,46-,47+/m0/s1. The van der Waals surface area contributed by atoms with Crippen molar-refractivity contribution in [3.05, 3.63) is 11.6 Å². The first kappa shape index (κ1) is 51.6. The molecule has 3 saturated heterocycles. The number of hydrogen-bond donors (Lipinski definition) is 11. The molecule has 24 atom stereocenters. The Kier molecular flexibility index (Phi) is 15.2. The molecule has 0 aromatic heterocycles. The summed E-state index contributed by atoms with van der Waals surface area (Å²) < 4.78 is 36.0. The average Bonchev–Trinajstić information content (AvgIpc) is 3.65. The summed E-state index contributed by atoms with van der Waals surface area (Å²) >= 11 is 0. The van der Waals surface area contributed by atoms with Crippen molar-refractivity contribution in [3.63, 3.8) is 0 Å². The normalized spacial score (nSPS) is 51.8. The minimum absolute atomic E-state index is 0.207. The lowest BCUT2D eigenvalue weighted by Gasteiger charge is -2.70. The van der Waals surface area contributed by atoms with Gasteiger partial charge < -0.3 is 89.4 Å². The lowest BCUT2D eigenvalue weighted by molar-refractivity contribution is -0.364. The first-order valence-corrected chi connectivity index (χ1v) is 23.8. The molecule has 7 rings (SSSR count). The zero-order valence-electron chi connectivity index (χ0n) is 39.0. The highest BCUT2D eigenvalue weighted by Gasteiger charge is 2.73. The quantitative estimate of drug-likeness (QED) is 0.0647. The molecule has 0 aromatic rings. The van der Waals surface area contributed by atoms with Crippen LogP contribution in [0, 0.1) is 45.3 Å². The van der Waals surface area contributed by atoms with Crippen molar-refractivity contribution in [3.8, 4) is 0 Å². The van der Waals surface area contributed by atoms with Crippen molar-refractivity contribution in [2.75, 3.05) is 19.8 Å². The van der Waals surface area contributed by atoms with Gasteiger partial charge in [0.15, 0.2) is 18.9 Å². The molecule has 18 nitrogen and oxygen atoms in total.